The number of aliphatic hydroxyl groups is 1. The van der Waals surface area contributed by atoms with Gasteiger partial charge in [-0.15, -0.1) is 11.3 Å². The van der Waals surface area contributed by atoms with Crippen molar-refractivity contribution < 1.29 is 41.7 Å². The largest absolute Gasteiger partial charge is 0.489 e. The maximum Gasteiger partial charge on any atom is 0.424 e. The van der Waals surface area contributed by atoms with Crippen LogP contribution in [0.5, 0.6) is 11.5 Å². The van der Waals surface area contributed by atoms with E-state index in [0.29, 0.717) is 27.0 Å². The number of rotatable bonds is 8. The van der Waals surface area contributed by atoms with Crippen molar-refractivity contribution in [2.24, 2.45) is 5.73 Å². The van der Waals surface area contributed by atoms with Crippen LogP contribution in [0.3, 0.4) is 0 Å². The van der Waals surface area contributed by atoms with Gasteiger partial charge in [-0.05, 0) is 57.0 Å². The highest BCUT2D eigenvalue weighted by Gasteiger charge is 2.58. The van der Waals surface area contributed by atoms with Crippen LogP contribution in [-0.2, 0) is 15.8 Å². The molecule has 0 bridgehead atoms. The molecule has 0 saturated heterocycles. The molecule has 254 valence electrons. The molecule has 2 aromatic carbocycles. The maximum atomic E-state index is 15.0. The predicted octanol–water partition coefficient (Wildman–Crippen LogP) is 6.47. The van der Waals surface area contributed by atoms with Crippen LogP contribution in [0.4, 0.5) is 17.6 Å². The number of aryl methyl sites for hydroxylation is 1. The molecule has 15 heteroatoms. The topological polar surface area (TPSA) is 137 Å². The number of benzene rings is 2. The lowest BCUT2D eigenvalue weighted by Crippen LogP contribution is -2.51. The van der Waals surface area contributed by atoms with E-state index < -0.39 is 47.1 Å². The van der Waals surface area contributed by atoms with Crippen molar-refractivity contribution in [3.63, 3.8) is 0 Å². The number of primary amides is 1. The van der Waals surface area contributed by atoms with Crippen molar-refractivity contribution in [3.8, 4) is 22.8 Å². The lowest BCUT2D eigenvalue weighted by molar-refractivity contribution is -0.265. The summed E-state index contributed by atoms with van der Waals surface area (Å²) in [7, 11) is 0. The van der Waals surface area contributed by atoms with Crippen LogP contribution in [0, 0.1) is 12.7 Å². The smallest absolute Gasteiger partial charge is 0.424 e. The summed E-state index contributed by atoms with van der Waals surface area (Å²) in [5, 5.41) is 16.3. The van der Waals surface area contributed by atoms with Crippen LogP contribution < -0.4 is 20.5 Å². The van der Waals surface area contributed by atoms with Gasteiger partial charge in [0.2, 0.25) is 11.5 Å². The summed E-state index contributed by atoms with van der Waals surface area (Å²) < 4.78 is 71.5. The Kier molecular flexibility index (Phi) is 7.76. The second-order valence-corrected chi connectivity index (χ2v) is 13.7. The number of hydrogen-bond acceptors (Lipinski definition) is 8. The second kappa shape index (κ2) is 11.5. The number of amides is 2. The van der Waals surface area contributed by atoms with Crippen molar-refractivity contribution in [3.05, 3.63) is 81.2 Å². The molecule has 0 unspecified atom stereocenters. The number of halogens is 5. The summed E-state index contributed by atoms with van der Waals surface area (Å²) in [6, 6.07) is 9.54. The molecule has 1 aliphatic heterocycles. The Balaban J connectivity index is 1.32. The van der Waals surface area contributed by atoms with Crippen molar-refractivity contribution in [1.82, 2.24) is 15.3 Å². The molecule has 9 nitrogen and oxygen atoms in total. The van der Waals surface area contributed by atoms with Gasteiger partial charge < -0.3 is 25.6 Å². The number of nitrogens with zero attached hydrogens (tertiary/aromatic N) is 2. The first-order valence-corrected chi connectivity index (χ1v) is 16.4. The summed E-state index contributed by atoms with van der Waals surface area (Å²) in [4.78, 5) is 34.8. The number of fused-ring (bicyclic) bond motifs is 3. The first-order valence-electron chi connectivity index (χ1n) is 15.1. The summed E-state index contributed by atoms with van der Waals surface area (Å²) in [6.07, 6.45) is -3.87. The molecule has 2 amide bonds. The maximum absolute atomic E-state index is 15.0. The molecular weight excluding hydrogens is 688 g/mol. The average molecular weight is 715 g/mol. The van der Waals surface area contributed by atoms with Gasteiger partial charge in [-0.2, -0.15) is 13.2 Å². The zero-order valence-corrected chi connectivity index (χ0v) is 27.4. The van der Waals surface area contributed by atoms with Crippen molar-refractivity contribution in [2.75, 3.05) is 13.2 Å². The third kappa shape index (κ3) is 5.51. The number of alkyl halides is 3. The van der Waals surface area contributed by atoms with Gasteiger partial charge in [-0.1, -0.05) is 23.7 Å². The Morgan fingerprint density at radius 2 is 1.96 bits per heavy atom. The van der Waals surface area contributed by atoms with Crippen molar-refractivity contribution in [2.45, 2.75) is 50.0 Å². The van der Waals surface area contributed by atoms with E-state index >= 15 is 0 Å². The summed E-state index contributed by atoms with van der Waals surface area (Å²) in [5.74, 6) is -2.14. The Bertz CT molecular complexity index is 2210. The highest BCUT2D eigenvalue weighted by Crippen LogP contribution is 2.49. The lowest BCUT2D eigenvalue weighted by atomic mass is 9.81. The molecule has 7 rings (SSSR count). The Hall–Kier alpha value is -4.53. The molecule has 0 radical (unpaired) electrons. The monoisotopic (exact) mass is 714 g/mol. The van der Waals surface area contributed by atoms with Gasteiger partial charge in [0.15, 0.2) is 0 Å². The third-order valence-electron chi connectivity index (χ3n) is 8.91. The normalized spacial score (nSPS) is 18.6. The lowest BCUT2D eigenvalue weighted by Gasteiger charge is -2.31. The van der Waals surface area contributed by atoms with E-state index in [4.69, 9.17) is 26.8 Å². The van der Waals surface area contributed by atoms with E-state index in [1.54, 1.807) is 19.1 Å². The third-order valence-corrected chi connectivity index (χ3v) is 10.3. The van der Waals surface area contributed by atoms with Gasteiger partial charge in [0.1, 0.15) is 40.5 Å². The Morgan fingerprint density at radius 3 is 2.65 bits per heavy atom. The Morgan fingerprint density at radius 1 is 1.20 bits per heavy atom. The number of ether oxygens (including phenoxy) is 2. The molecule has 3 aromatic heterocycles. The molecule has 0 spiro atoms. The first-order chi connectivity index (χ1) is 23.1. The van der Waals surface area contributed by atoms with Crippen LogP contribution >= 0.6 is 22.9 Å². The highest BCUT2D eigenvalue weighted by molar-refractivity contribution is 7.17. The molecule has 5 aromatic rings. The fourth-order valence-electron chi connectivity index (χ4n) is 5.74. The molecular formula is C34H27ClF4N4O5S. The number of nitrogens with one attached hydrogen (secondary N) is 1. The van der Waals surface area contributed by atoms with E-state index in [1.165, 1.54) is 36.6 Å². The second-order valence-electron chi connectivity index (χ2n) is 12.4. The van der Waals surface area contributed by atoms with Crippen molar-refractivity contribution >= 4 is 55.7 Å². The zero-order chi connectivity index (χ0) is 35.0. The number of nitrogens with two attached hydrogens (primary N) is 1. The molecule has 2 atom stereocenters. The number of aromatic nitrogens is 2. The number of carbonyl (C=O) groups is 2. The van der Waals surface area contributed by atoms with Gasteiger partial charge in [0, 0.05) is 32.8 Å². The SMILES string of the molecule is Cc1nc2c(OC3CC3)cc(C(=O)NC[C@](O)(c3cc4c(c(-c5csc6c(F)cccc56)n3)OC[C@]4(C)C(N)=O)C(F)(F)F)cc2cc1Cl. The number of pyridine rings is 2. The standard InChI is InChI=1S/C34H27ClF4N4O5S/c1-15-22(35)9-16-8-17(10-24(26(16)42-15)48-18-6-7-18)30(44)41-13-33(46,34(37,38)39)25-11-21-28(47-14-32(21,2)31(40)45)27(43-25)20-12-49-29-19(20)4-3-5-23(29)36/h3-5,8-12,18,46H,6-7,13-14H2,1-2H3,(H2,40,45)(H,41,44)/t32-,33-/m0/s1. The van der Waals surface area contributed by atoms with Gasteiger partial charge in [-0.25, -0.2) is 14.4 Å². The summed E-state index contributed by atoms with van der Waals surface area (Å²) in [6.45, 7) is 1.44. The molecule has 1 fully saturated rings. The van der Waals surface area contributed by atoms with Crippen LogP contribution in [0.15, 0.2) is 47.8 Å². The fourth-order valence-corrected chi connectivity index (χ4v) is 6.86. The molecule has 1 saturated carbocycles. The van der Waals surface area contributed by atoms with Crippen LogP contribution in [0.25, 0.3) is 32.2 Å². The van der Waals surface area contributed by atoms with Crippen LogP contribution in [0.1, 0.15) is 47.1 Å². The minimum absolute atomic E-state index is 0.0237. The van der Waals surface area contributed by atoms with Gasteiger partial charge in [0.25, 0.3) is 5.91 Å². The van der Waals surface area contributed by atoms with Crippen LogP contribution in [-0.4, -0.2) is 52.3 Å². The molecule has 2 aliphatic rings. The van der Waals surface area contributed by atoms with Gasteiger partial charge in [0.05, 0.1) is 33.8 Å². The summed E-state index contributed by atoms with van der Waals surface area (Å²) >= 11 is 7.28. The summed E-state index contributed by atoms with van der Waals surface area (Å²) in [5.41, 5.74) is 0.341. The number of carbonyl (C=O) groups excluding carboxylic acids is 2. The van der Waals surface area contributed by atoms with E-state index in [1.807, 2.05) is 0 Å². The molecule has 4 heterocycles. The minimum atomic E-state index is -5.39. The Labute approximate surface area is 285 Å². The van der Waals surface area contributed by atoms with Gasteiger partial charge in [-0.3, -0.25) is 9.59 Å². The zero-order valence-electron chi connectivity index (χ0n) is 25.9. The number of hydrogen-bond donors (Lipinski definition) is 3. The van der Waals surface area contributed by atoms with Crippen molar-refractivity contribution in [1.29, 1.82) is 0 Å². The molecule has 1 aliphatic carbocycles. The predicted molar refractivity (Wildman–Crippen MR) is 174 cm³/mol. The van der Waals surface area contributed by atoms with Crippen LogP contribution in [0.2, 0.25) is 5.02 Å². The molecule has 49 heavy (non-hydrogen) atoms. The van der Waals surface area contributed by atoms with E-state index in [-0.39, 0.29) is 51.3 Å². The first kappa shape index (κ1) is 33.0. The van der Waals surface area contributed by atoms with E-state index in [2.05, 4.69) is 15.3 Å². The quantitative estimate of drug-likeness (QED) is 0.157. The van der Waals surface area contributed by atoms with E-state index in [0.717, 1.165) is 30.2 Å². The van der Waals surface area contributed by atoms with Gasteiger partial charge >= 0.3 is 6.18 Å². The minimum Gasteiger partial charge on any atom is -0.489 e. The molecule has 4 N–H and O–H groups in total. The number of thiophene rings is 1. The highest BCUT2D eigenvalue weighted by atomic mass is 35.5. The fraction of sp³-hybridized carbons (Fsp3) is 0.294. The average Bonchev–Trinajstić information content (AvgIpc) is 3.64. The van der Waals surface area contributed by atoms with E-state index in [9.17, 15) is 32.3 Å².